The molecule has 0 aliphatic carbocycles. The first-order valence-electron chi connectivity index (χ1n) is 9.97. The van der Waals surface area contributed by atoms with Gasteiger partial charge in [0.25, 0.3) is 11.1 Å². The fourth-order valence-electron chi connectivity index (χ4n) is 3.07. The molecule has 1 aliphatic rings. The maximum atomic E-state index is 13.1. The van der Waals surface area contributed by atoms with Crippen molar-refractivity contribution in [2.45, 2.75) is 13.5 Å². The van der Waals surface area contributed by atoms with Gasteiger partial charge in [-0.15, -0.1) is 11.3 Å². The van der Waals surface area contributed by atoms with Crippen molar-refractivity contribution in [1.82, 2.24) is 4.90 Å². The minimum Gasteiger partial charge on any atom is -0.490 e. The number of nitrogens with zero attached hydrogens (tertiary/aromatic N) is 1. The number of carbonyl (C=O) groups excluding carboxylic acids is 3. The molecule has 2 heterocycles. The number of hydrogen-bond donors (Lipinski definition) is 0. The van der Waals surface area contributed by atoms with Gasteiger partial charge in [0.2, 0.25) is 0 Å². The molecule has 0 unspecified atom stereocenters. The standard InChI is InChI=1S/C24H18FNO5S2/c1-2-30-19-12-16(7-10-18(19)31-23(28)20-4-3-11-32-20)13-21-22(27)26(24(29)33-21)14-15-5-8-17(25)9-6-15/h3-13H,2,14H2,1H3/b21-13-. The number of ether oxygens (including phenoxy) is 2. The highest BCUT2D eigenvalue weighted by Gasteiger charge is 2.35. The Morgan fingerprint density at radius 2 is 1.88 bits per heavy atom. The first-order chi connectivity index (χ1) is 15.9. The summed E-state index contributed by atoms with van der Waals surface area (Å²) in [5.41, 5.74) is 1.26. The van der Waals surface area contributed by atoms with Gasteiger partial charge in [0.05, 0.1) is 18.1 Å². The summed E-state index contributed by atoms with van der Waals surface area (Å²) in [4.78, 5) is 39.3. The number of rotatable bonds is 7. The van der Waals surface area contributed by atoms with Crippen LogP contribution in [-0.2, 0) is 11.3 Å². The van der Waals surface area contributed by atoms with Gasteiger partial charge >= 0.3 is 5.97 Å². The van der Waals surface area contributed by atoms with E-state index in [0.717, 1.165) is 16.7 Å². The van der Waals surface area contributed by atoms with Gasteiger partial charge < -0.3 is 9.47 Å². The molecule has 1 aliphatic heterocycles. The van der Waals surface area contributed by atoms with Gasteiger partial charge in [-0.25, -0.2) is 9.18 Å². The topological polar surface area (TPSA) is 72.9 Å². The summed E-state index contributed by atoms with van der Waals surface area (Å²) in [6.45, 7) is 2.21. The lowest BCUT2D eigenvalue weighted by Gasteiger charge is -2.12. The number of imide groups is 1. The highest BCUT2D eigenvalue weighted by atomic mass is 32.2. The second-order valence-electron chi connectivity index (χ2n) is 6.90. The predicted octanol–water partition coefficient (Wildman–Crippen LogP) is 5.74. The van der Waals surface area contributed by atoms with E-state index in [9.17, 15) is 18.8 Å². The maximum Gasteiger partial charge on any atom is 0.353 e. The summed E-state index contributed by atoms with van der Waals surface area (Å²) in [6, 6.07) is 14.0. The third-order valence-corrected chi connectivity index (χ3v) is 6.38. The number of amides is 2. The fourth-order valence-corrected chi connectivity index (χ4v) is 4.51. The Labute approximate surface area is 197 Å². The molecule has 0 atom stereocenters. The molecule has 2 aromatic carbocycles. The Hall–Kier alpha value is -3.43. The van der Waals surface area contributed by atoms with Gasteiger partial charge in [-0.2, -0.15) is 0 Å². The summed E-state index contributed by atoms with van der Waals surface area (Å²) in [5.74, 6) is -0.693. The molecule has 0 N–H and O–H groups in total. The number of benzene rings is 2. The van der Waals surface area contributed by atoms with E-state index in [1.807, 2.05) is 0 Å². The number of thiophene rings is 1. The molecule has 9 heteroatoms. The van der Waals surface area contributed by atoms with Crippen LogP contribution < -0.4 is 9.47 Å². The van der Waals surface area contributed by atoms with Crippen molar-refractivity contribution in [3.63, 3.8) is 0 Å². The lowest BCUT2D eigenvalue weighted by molar-refractivity contribution is -0.123. The van der Waals surface area contributed by atoms with E-state index in [1.165, 1.54) is 35.6 Å². The van der Waals surface area contributed by atoms with Crippen LogP contribution in [0.1, 0.15) is 27.7 Å². The lowest BCUT2D eigenvalue weighted by atomic mass is 10.1. The molecule has 1 aromatic heterocycles. The normalized spacial score (nSPS) is 14.7. The van der Waals surface area contributed by atoms with Gasteiger partial charge in [-0.05, 0) is 71.6 Å². The summed E-state index contributed by atoms with van der Waals surface area (Å²) in [6.07, 6.45) is 1.59. The highest BCUT2D eigenvalue weighted by Crippen LogP contribution is 2.35. The van der Waals surface area contributed by atoms with Crippen LogP contribution in [0.3, 0.4) is 0 Å². The number of halogens is 1. The summed E-state index contributed by atoms with van der Waals surface area (Å²) < 4.78 is 24.2. The van der Waals surface area contributed by atoms with E-state index in [1.54, 1.807) is 48.7 Å². The monoisotopic (exact) mass is 483 g/mol. The third kappa shape index (κ3) is 5.32. The molecule has 6 nitrogen and oxygen atoms in total. The summed E-state index contributed by atoms with van der Waals surface area (Å²) in [7, 11) is 0. The molecule has 0 radical (unpaired) electrons. The molecule has 0 bridgehead atoms. The van der Waals surface area contributed by atoms with E-state index in [-0.39, 0.29) is 23.0 Å². The Morgan fingerprint density at radius 1 is 1.09 bits per heavy atom. The van der Waals surface area contributed by atoms with Crippen molar-refractivity contribution < 1.29 is 28.2 Å². The Kier molecular flexibility index (Phi) is 6.90. The third-order valence-electron chi connectivity index (χ3n) is 4.62. The SMILES string of the molecule is CCOc1cc(/C=C2\SC(=O)N(Cc3ccc(F)cc3)C2=O)ccc1OC(=O)c1cccs1. The molecule has 1 fully saturated rings. The van der Waals surface area contributed by atoms with Crippen LogP contribution in [0.2, 0.25) is 0 Å². The lowest BCUT2D eigenvalue weighted by Crippen LogP contribution is -2.27. The van der Waals surface area contributed by atoms with Gasteiger partial charge in [0.1, 0.15) is 10.7 Å². The Morgan fingerprint density at radius 3 is 2.58 bits per heavy atom. The van der Waals surface area contributed by atoms with E-state index in [0.29, 0.717) is 28.4 Å². The molecule has 33 heavy (non-hydrogen) atoms. The van der Waals surface area contributed by atoms with Gasteiger partial charge in [0.15, 0.2) is 11.5 Å². The van der Waals surface area contributed by atoms with Crippen molar-refractivity contribution in [1.29, 1.82) is 0 Å². The number of carbonyl (C=O) groups is 3. The minimum absolute atomic E-state index is 0.0596. The Balaban J connectivity index is 1.53. The second-order valence-corrected chi connectivity index (χ2v) is 8.84. The van der Waals surface area contributed by atoms with Crippen molar-refractivity contribution in [2.24, 2.45) is 0 Å². The fraction of sp³-hybridized carbons (Fsp3) is 0.125. The molecule has 168 valence electrons. The molecular formula is C24H18FNO5S2. The Bertz CT molecular complexity index is 1220. The predicted molar refractivity (Wildman–Crippen MR) is 125 cm³/mol. The first kappa shape index (κ1) is 22.8. The summed E-state index contributed by atoms with van der Waals surface area (Å²) in [5, 5.41) is 1.38. The molecular weight excluding hydrogens is 465 g/mol. The first-order valence-corrected chi connectivity index (χ1v) is 11.7. The van der Waals surface area contributed by atoms with Crippen molar-refractivity contribution in [3.8, 4) is 11.5 Å². The van der Waals surface area contributed by atoms with Gasteiger partial charge in [0, 0.05) is 0 Å². The second kappa shape index (κ2) is 10.0. The van der Waals surface area contributed by atoms with E-state index >= 15 is 0 Å². The van der Waals surface area contributed by atoms with Crippen LogP contribution in [0.4, 0.5) is 9.18 Å². The van der Waals surface area contributed by atoms with E-state index in [4.69, 9.17) is 9.47 Å². The molecule has 0 spiro atoms. The highest BCUT2D eigenvalue weighted by molar-refractivity contribution is 8.18. The molecule has 4 rings (SSSR count). The smallest absolute Gasteiger partial charge is 0.353 e. The van der Waals surface area contributed by atoms with Crippen LogP contribution >= 0.6 is 23.1 Å². The van der Waals surface area contributed by atoms with Gasteiger partial charge in [-0.3, -0.25) is 14.5 Å². The largest absolute Gasteiger partial charge is 0.490 e. The quantitative estimate of drug-likeness (QED) is 0.242. The molecule has 1 saturated heterocycles. The number of esters is 1. The molecule has 2 amide bonds. The zero-order chi connectivity index (χ0) is 23.4. The number of hydrogen-bond acceptors (Lipinski definition) is 7. The zero-order valence-electron chi connectivity index (χ0n) is 17.4. The van der Waals surface area contributed by atoms with Crippen LogP contribution in [0.25, 0.3) is 6.08 Å². The maximum absolute atomic E-state index is 13.1. The minimum atomic E-state index is -0.486. The van der Waals surface area contributed by atoms with Crippen LogP contribution in [0.15, 0.2) is 64.9 Å². The van der Waals surface area contributed by atoms with E-state index < -0.39 is 17.1 Å². The van der Waals surface area contributed by atoms with Gasteiger partial charge in [-0.1, -0.05) is 24.3 Å². The number of thioether (sulfide) groups is 1. The van der Waals surface area contributed by atoms with Crippen molar-refractivity contribution in [3.05, 3.63) is 86.7 Å². The van der Waals surface area contributed by atoms with Crippen LogP contribution in [-0.4, -0.2) is 28.6 Å². The molecule has 0 saturated carbocycles. The van der Waals surface area contributed by atoms with E-state index in [2.05, 4.69) is 0 Å². The van der Waals surface area contributed by atoms with Crippen molar-refractivity contribution in [2.75, 3.05) is 6.61 Å². The average molecular weight is 484 g/mol. The zero-order valence-corrected chi connectivity index (χ0v) is 19.1. The van der Waals surface area contributed by atoms with Crippen LogP contribution in [0, 0.1) is 5.82 Å². The average Bonchev–Trinajstić information content (AvgIpc) is 3.42. The molecule has 3 aromatic rings. The van der Waals surface area contributed by atoms with Crippen LogP contribution in [0.5, 0.6) is 11.5 Å². The van der Waals surface area contributed by atoms with Crippen molar-refractivity contribution >= 4 is 46.3 Å². The summed E-state index contributed by atoms with van der Waals surface area (Å²) >= 11 is 2.11.